The number of carbonyl (C=O) groups is 3. The maximum Gasteiger partial charge on any atom is 0.238 e. The van der Waals surface area contributed by atoms with Gasteiger partial charge in [-0.05, 0) is 79.1 Å². The van der Waals surface area contributed by atoms with Gasteiger partial charge in [0, 0.05) is 29.6 Å². The summed E-state index contributed by atoms with van der Waals surface area (Å²) in [7, 11) is 0. The molecule has 0 aromatic carbocycles. The van der Waals surface area contributed by atoms with E-state index in [1.807, 2.05) is 19.1 Å². The molecule has 6 heteroatoms. The van der Waals surface area contributed by atoms with Crippen LogP contribution < -0.4 is 0 Å². The Bertz CT molecular complexity index is 1380. The van der Waals surface area contributed by atoms with Crippen LogP contribution in [0.2, 0.25) is 0 Å². The molecule has 0 bridgehead atoms. The Morgan fingerprint density at radius 2 is 1.77 bits per heavy atom. The molecule has 39 heavy (non-hydrogen) atoms. The molecule has 5 aliphatic carbocycles. The Morgan fingerprint density at radius 1 is 1.05 bits per heavy atom. The summed E-state index contributed by atoms with van der Waals surface area (Å²) in [6, 6.07) is 0. The van der Waals surface area contributed by atoms with Gasteiger partial charge in [0.1, 0.15) is 6.33 Å². The monoisotopic (exact) mass is 527 g/mol. The summed E-state index contributed by atoms with van der Waals surface area (Å²) in [6.45, 7) is 21.0. The molecule has 1 aromatic rings. The van der Waals surface area contributed by atoms with Crippen LogP contribution in [0.4, 0.5) is 0 Å². The van der Waals surface area contributed by atoms with Gasteiger partial charge in [0.05, 0.1) is 12.0 Å². The van der Waals surface area contributed by atoms with Crippen molar-refractivity contribution >= 4 is 17.5 Å². The highest BCUT2D eigenvalue weighted by molar-refractivity contribution is 6.01. The predicted molar refractivity (Wildman–Crippen MR) is 148 cm³/mol. The molecule has 0 aliphatic heterocycles. The molecule has 0 radical (unpaired) electrons. The fraction of sp³-hybridized carbons (Fsp3) is 0.667. The van der Waals surface area contributed by atoms with Gasteiger partial charge < -0.3 is 4.79 Å². The number of imidazole rings is 1. The average Bonchev–Trinajstić information content (AvgIpc) is 3.42. The number of nitrogens with zero attached hydrogens (tertiary/aromatic N) is 3. The molecule has 0 N–H and O–H groups in total. The summed E-state index contributed by atoms with van der Waals surface area (Å²) in [5, 5.41) is 0. The SMILES string of the molecule is [C-]#[N+]C1=C[C@]2(C)C3=CC(=O)[C@@H]4[C@@H]5CC(C)(C)CC[C@]5(C(=O)n5ccnc5)CC[C@@]4(C)[C@]3(C)CC[C@H]2[C@H](C)C1=O. The highest BCUT2D eigenvalue weighted by Crippen LogP contribution is 2.74. The predicted octanol–water partition coefficient (Wildman–Crippen LogP) is 6.71. The fourth-order valence-electron chi connectivity index (χ4n) is 10.2. The van der Waals surface area contributed by atoms with Crippen molar-refractivity contribution in [2.45, 2.75) is 86.5 Å². The van der Waals surface area contributed by atoms with Gasteiger partial charge in [-0.2, -0.15) is 0 Å². The quantitative estimate of drug-likeness (QED) is 0.381. The molecular formula is C33H41N3O3. The van der Waals surface area contributed by atoms with Crippen molar-refractivity contribution in [2.75, 3.05) is 0 Å². The molecule has 6 rings (SSSR count). The van der Waals surface area contributed by atoms with E-state index >= 15 is 0 Å². The third kappa shape index (κ3) is 3.25. The third-order valence-corrected chi connectivity index (χ3v) is 12.7. The minimum Gasteiger partial charge on any atom is -0.308 e. The zero-order valence-electron chi connectivity index (χ0n) is 24.2. The number of aromatic nitrogens is 2. The van der Waals surface area contributed by atoms with Gasteiger partial charge in [-0.15, -0.1) is 0 Å². The standard InChI is InChI=1S/C33H41N3O3/c1-20-21-8-9-31(5)25(30(21,4)18-23(34-7)27(20)38)16-24(37)26-22-17-29(2,3)10-12-33(22,13-11-32(26,31)6)28(39)36-15-14-35-19-36/h14-16,18-22,26H,8-13,17H2,1-6H3/t20-,21-,22-,26-,30-,31+,32+,33-/m0/s1. The number of carbonyl (C=O) groups excluding carboxylic acids is 3. The molecule has 6 nitrogen and oxygen atoms in total. The number of Topliss-reactive ketones (excluding diaryl/α,β-unsaturated/α-hetero) is 1. The summed E-state index contributed by atoms with van der Waals surface area (Å²) in [6.07, 6.45) is 14.8. The van der Waals surface area contributed by atoms with E-state index in [2.05, 4.69) is 44.4 Å². The van der Waals surface area contributed by atoms with Crippen LogP contribution in [-0.2, 0) is 9.59 Å². The molecule has 0 amide bonds. The number of allylic oxidation sites excluding steroid dienone is 4. The number of hydrogen-bond acceptors (Lipinski definition) is 4. The summed E-state index contributed by atoms with van der Waals surface area (Å²) in [5.41, 5.74) is -0.253. The van der Waals surface area contributed by atoms with Crippen LogP contribution in [-0.4, -0.2) is 27.0 Å². The van der Waals surface area contributed by atoms with E-state index in [1.165, 1.54) is 0 Å². The van der Waals surface area contributed by atoms with Crippen LogP contribution in [0.5, 0.6) is 0 Å². The summed E-state index contributed by atoms with van der Waals surface area (Å²) in [5.74, 6) is -0.256. The van der Waals surface area contributed by atoms with Crippen molar-refractivity contribution < 1.29 is 14.4 Å². The summed E-state index contributed by atoms with van der Waals surface area (Å²) >= 11 is 0. The van der Waals surface area contributed by atoms with Crippen molar-refractivity contribution in [3.63, 3.8) is 0 Å². The van der Waals surface area contributed by atoms with E-state index in [-0.39, 0.29) is 63.1 Å². The zero-order chi connectivity index (χ0) is 28.2. The van der Waals surface area contributed by atoms with Crippen molar-refractivity contribution in [2.24, 2.45) is 50.7 Å². The van der Waals surface area contributed by atoms with Gasteiger partial charge in [-0.3, -0.25) is 14.2 Å². The van der Waals surface area contributed by atoms with Crippen molar-refractivity contribution in [3.05, 3.63) is 53.6 Å². The van der Waals surface area contributed by atoms with Gasteiger partial charge >= 0.3 is 0 Å². The van der Waals surface area contributed by atoms with E-state index in [1.54, 1.807) is 23.3 Å². The van der Waals surface area contributed by atoms with E-state index in [0.717, 1.165) is 50.5 Å². The summed E-state index contributed by atoms with van der Waals surface area (Å²) in [4.78, 5) is 49.4. The molecule has 0 unspecified atom stereocenters. The first-order valence-electron chi connectivity index (χ1n) is 14.7. The number of hydrogen-bond donors (Lipinski definition) is 0. The van der Waals surface area contributed by atoms with E-state index in [0.29, 0.717) is 0 Å². The Hall–Kier alpha value is -2.81. The first-order valence-corrected chi connectivity index (χ1v) is 14.7. The number of rotatable bonds is 1. The van der Waals surface area contributed by atoms with Gasteiger partial charge in [-0.1, -0.05) is 53.2 Å². The van der Waals surface area contributed by atoms with Crippen LogP contribution in [0.25, 0.3) is 4.85 Å². The topological polar surface area (TPSA) is 73.4 Å². The second kappa shape index (κ2) is 8.12. The molecule has 1 aromatic heterocycles. The van der Waals surface area contributed by atoms with Gasteiger partial charge in [0.15, 0.2) is 11.6 Å². The number of ketones is 2. The highest BCUT2D eigenvalue weighted by Gasteiger charge is 2.70. The summed E-state index contributed by atoms with van der Waals surface area (Å²) < 4.78 is 1.65. The third-order valence-electron chi connectivity index (χ3n) is 12.7. The maximum atomic E-state index is 14.5. The Kier molecular flexibility index (Phi) is 5.50. The molecule has 0 spiro atoms. The lowest BCUT2D eigenvalue weighted by Crippen LogP contribution is -2.65. The fourth-order valence-corrected chi connectivity index (χ4v) is 10.2. The lowest BCUT2D eigenvalue weighted by Gasteiger charge is -2.68. The largest absolute Gasteiger partial charge is 0.308 e. The van der Waals surface area contributed by atoms with Crippen LogP contribution in [0.15, 0.2) is 42.1 Å². The maximum absolute atomic E-state index is 14.5. The van der Waals surface area contributed by atoms with E-state index in [4.69, 9.17) is 6.57 Å². The molecule has 206 valence electrons. The van der Waals surface area contributed by atoms with Gasteiger partial charge in [-0.25, -0.2) is 9.83 Å². The van der Waals surface area contributed by atoms with E-state index < -0.39 is 10.8 Å². The normalized spacial score (nSPS) is 44.5. The minimum absolute atomic E-state index is 0.0382. The Labute approximate surface area is 232 Å². The second-order valence-corrected chi connectivity index (χ2v) is 14.8. The van der Waals surface area contributed by atoms with Crippen LogP contribution in [0, 0.1) is 57.3 Å². The average molecular weight is 528 g/mol. The first-order chi connectivity index (χ1) is 18.2. The minimum atomic E-state index is -0.568. The van der Waals surface area contributed by atoms with Crippen LogP contribution in [0.3, 0.4) is 0 Å². The van der Waals surface area contributed by atoms with Crippen molar-refractivity contribution in [1.29, 1.82) is 0 Å². The molecule has 3 fully saturated rings. The smallest absolute Gasteiger partial charge is 0.238 e. The molecular weight excluding hydrogens is 486 g/mol. The Morgan fingerprint density at radius 3 is 2.44 bits per heavy atom. The lowest BCUT2D eigenvalue weighted by molar-refractivity contribution is -0.162. The second-order valence-electron chi connectivity index (χ2n) is 14.8. The first kappa shape index (κ1) is 26.4. The Balaban J connectivity index is 1.52. The van der Waals surface area contributed by atoms with Crippen molar-refractivity contribution in [1.82, 2.24) is 9.55 Å². The van der Waals surface area contributed by atoms with Crippen LogP contribution >= 0.6 is 0 Å². The van der Waals surface area contributed by atoms with Gasteiger partial charge in [0.25, 0.3) is 0 Å². The molecule has 5 aliphatic rings. The molecule has 1 heterocycles. The highest BCUT2D eigenvalue weighted by atomic mass is 16.2. The zero-order valence-corrected chi connectivity index (χ0v) is 24.2. The van der Waals surface area contributed by atoms with Crippen LogP contribution in [0.1, 0.15) is 91.3 Å². The van der Waals surface area contributed by atoms with E-state index in [9.17, 15) is 14.4 Å². The van der Waals surface area contributed by atoms with Crippen molar-refractivity contribution in [3.8, 4) is 0 Å². The van der Waals surface area contributed by atoms with Gasteiger partial charge in [0.2, 0.25) is 11.6 Å². The molecule has 3 saturated carbocycles. The number of fused-ring (bicyclic) bond motifs is 7. The molecule has 0 saturated heterocycles. The molecule has 8 atom stereocenters. The lowest BCUT2D eigenvalue weighted by atomic mass is 9.35.